The Labute approximate surface area is 105 Å². The van der Waals surface area contributed by atoms with Crippen LogP contribution in [0.4, 0.5) is 0 Å². The molecule has 0 amide bonds. The number of fused-ring (bicyclic) bond motifs is 1. The van der Waals surface area contributed by atoms with Gasteiger partial charge in [0.05, 0.1) is 17.7 Å². The lowest BCUT2D eigenvalue weighted by molar-refractivity contribution is 0.0528. The van der Waals surface area contributed by atoms with E-state index >= 15 is 0 Å². The Bertz CT molecular complexity index is 643. The number of nitrogens with zero attached hydrogens (tertiary/aromatic N) is 1. The average Bonchev–Trinajstić information content (AvgIpc) is 2.38. The van der Waals surface area contributed by atoms with Gasteiger partial charge in [0, 0.05) is 18.0 Å². The van der Waals surface area contributed by atoms with Crippen LogP contribution in [0.2, 0.25) is 0 Å². The topological polar surface area (TPSA) is 48.3 Å². The Morgan fingerprint density at radius 3 is 2.67 bits per heavy atom. The molecule has 0 aliphatic heterocycles. The van der Waals surface area contributed by atoms with Crippen molar-refractivity contribution in [3.63, 3.8) is 0 Å². The van der Waals surface area contributed by atoms with E-state index in [1.807, 2.05) is 31.2 Å². The van der Waals surface area contributed by atoms with E-state index in [1.165, 1.54) is 6.07 Å². The maximum Gasteiger partial charge on any atom is 0.339 e. The molecular weight excluding hydrogens is 230 g/mol. The number of benzene rings is 1. The van der Waals surface area contributed by atoms with Gasteiger partial charge in [0.2, 0.25) is 0 Å². The number of carbonyl (C=O) groups is 1. The smallest absolute Gasteiger partial charge is 0.339 e. The quantitative estimate of drug-likeness (QED) is 0.779. The lowest BCUT2D eigenvalue weighted by atomic mass is 10.1. The highest BCUT2D eigenvalue weighted by atomic mass is 16.5. The summed E-state index contributed by atoms with van der Waals surface area (Å²) in [7, 11) is 0. The molecule has 1 aromatic carbocycles. The van der Waals surface area contributed by atoms with Gasteiger partial charge in [-0.15, -0.1) is 0 Å². The number of ether oxygens (including phenoxy) is 1. The Hall–Kier alpha value is -2.10. The molecule has 1 aromatic heterocycles. The highest BCUT2D eigenvalue weighted by molar-refractivity contribution is 6.03. The van der Waals surface area contributed by atoms with Crippen molar-refractivity contribution in [3.8, 4) is 0 Å². The van der Waals surface area contributed by atoms with Crippen LogP contribution in [0.1, 0.15) is 24.2 Å². The minimum atomic E-state index is -0.450. The Morgan fingerprint density at radius 1 is 1.28 bits per heavy atom. The molecular formula is C14H15NO3. The first kappa shape index (κ1) is 12.4. The molecule has 18 heavy (non-hydrogen) atoms. The number of aromatic nitrogens is 1. The first-order valence-electron chi connectivity index (χ1n) is 5.98. The summed E-state index contributed by atoms with van der Waals surface area (Å²) in [6.07, 6.45) is 0. The van der Waals surface area contributed by atoms with Gasteiger partial charge in [-0.3, -0.25) is 4.79 Å². The van der Waals surface area contributed by atoms with Crippen molar-refractivity contribution in [3.05, 3.63) is 46.2 Å². The zero-order valence-electron chi connectivity index (χ0n) is 10.5. The van der Waals surface area contributed by atoms with Crippen molar-refractivity contribution in [2.24, 2.45) is 0 Å². The van der Waals surface area contributed by atoms with Crippen LogP contribution < -0.4 is 5.56 Å². The van der Waals surface area contributed by atoms with Crippen LogP contribution in [0.5, 0.6) is 0 Å². The molecule has 0 atom stereocenters. The summed E-state index contributed by atoms with van der Waals surface area (Å²) < 4.78 is 6.61. The van der Waals surface area contributed by atoms with Gasteiger partial charge >= 0.3 is 5.97 Å². The third-order valence-electron chi connectivity index (χ3n) is 2.83. The standard InChI is InChI=1S/C14H15NO3/c1-3-15-12-8-6-5-7-10(12)11(9-13(15)16)14(17)18-4-2/h5-9H,3-4H2,1-2H3. The molecule has 4 heteroatoms. The normalized spacial score (nSPS) is 10.6. The summed E-state index contributed by atoms with van der Waals surface area (Å²) in [5.74, 6) is -0.450. The molecule has 2 rings (SSSR count). The minimum Gasteiger partial charge on any atom is -0.462 e. The monoisotopic (exact) mass is 245 g/mol. The Morgan fingerprint density at radius 2 is 2.00 bits per heavy atom. The molecule has 0 spiro atoms. The number of rotatable bonds is 3. The third kappa shape index (κ3) is 2.01. The van der Waals surface area contributed by atoms with Crippen molar-refractivity contribution in [1.82, 2.24) is 4.57 Å². The maximum atomic E-state index is 11.9. The van der Waals surface area contributed by atoms with Gasteiger partial charge in [-0.2, -0.15) is 0 Å². The van der Waals surface area contributed by atoms with Crippen molar-refractivity contribution in [1.29, 1.82) is 0 Å². The van der Waals surface area contributed by atoms with Gasteiger partial charge in [-0.25, -0.2) is 4.79 Å². The van der Waals surface area contributed by atoms with Crippen LogP contribution >= 0.6 is 0 Å². The predicted molar refractivity (Wildman–Crippen MR) is 69.8 cm³/mol. The lowest BCUT2D eigenvalue weighted by Crippen LogP contribution is -2.21. The fraction of sp³-hybridized carbons (Fsp3) is 0.286. The second-order valence-corrected chi connectivity index (χ2v) is 3.88. The minimum absolute atomic E-state index is 0.181. The number of carbonyl (C=O) groups excluding carboxylic acids is 1. The number of hydrogen-bond acceptors (Lipinski definition) is 3. The summed E-state index contributed by atoms with van der Waals surface area (Å²) in [6.45, 7) is 4.51. The van der Waals surface area contributed by atoms with E-state index in [1.54, 1.807) is 11.5 Å². The maximum absolute atomic E-state index is 11.9. The molecule has 0 fully saturated rings. The van der Waals surface area contributed by atoms with Crippen molar-refractivity contribution in [2.45, 2.75) is 20.4 Å². The lowest BCUT2D eigenvalue weighted by Gasteiger charge is -2.11. The molecule has 94 valence electrons. The molecule has 4 nitrogen and oxygen atoms in total. The molecule has 0 aliphatic carbocycles. The molecule has 2 aromatic rings. The van der Waals surface area contributed by atoms with Gasteiger partial charge in [-0.1, -0.05) is 18.2 Å². The zero-order chi connectivity index (χ0) is 13.1. The summed E-state index contributed by atoms with van der Waals surface area (Å²) in [5, 5.41) is 0.748. The van der Waals surface area contributed by atoms with Crippen molar-refractivity contribution in [2.75, 3.05) is 6.61 Å². The van der Waals surface area contributed by atoms with Gasteiger partial charge < -0.3 is 9.30 Å². The zero-order valence-corrected chi connectivity index (χ0v) is 10.5. The van der Waals surface area contributed by atoms with Crippen LogP contribution in [-0.4, -0.2) is 17.1 Å². The molecule has 0 aliphatic rings. The fourth-order valence-electron chi connectivity index (χ4n) is 2.04. The van der Waals surface area contributed by atoms with E-state index in [4.69, 9.17) is 4.74 Å². The summed E-state index contributed by atoms with van der Waals surface area (Å²) in [5.41, 5.74) is 0.914. The van der Waals surface area contributed by atoms with E-state index in [0.717, 1.165) is 10.9 Å². The Balaban J connectivity index is 2.76. The fourth-order valence-corrected chi connectivity index (χ4v) is 2.04. The number of esters is 1. The number of hydrogen-bond donors (Lipinski definition) is 0. The molecule has 0 bridgehead atoms. The molecule has 0 unspecified atom stereocenters. The van der Waals surface area contributed by atoms with E-state index in [9.17, 15) is 9.59 Å². The predicted octanol–water partition coefficient (Wildman–Crippen LogP) is 2.20. The largest absolute Gasteiger partial charge is 0.462 e. The van der Waals surface area contributed by atoms with Gasteiger partial charge in [0.15, 0.2) is 0 Å². The summed E-state index contributed by atoms with van der Waals surface area (Å²) in [6, 6.07) is 8.71. The van der Waals surface area contributed by atoms with Crippen LogP contribution in [0.3, 0.4) is 0 Å². The average molecular weight is 245 g/mol. The number of pyridine rings is 1. The van der Waals surface area contributed by atoms with Crippen LogP contribution in [0, 0.1) is 0 Å². The van der Waals surface area contributed by atoms with E-state index < -0.39 is 5.97 Å². The van der Waals surface area contributed by atoms with Crippen LogP contribution in [0.15, 0.2) is 35.1 Å². The SMILES string of the molecule is CCOC(=O)c1cc(=O)n(CC)c2ccccc12. The number of aryl methyl sites for hydroxylation is 1. The third-order valence-corrected chi connectivity index (χ3v) is 2.83. The van der Waals surface area contributed by atoms with Crippen molar-refractivity contribution < 1.29 is 9.53 Å². The van der Waals surface area contributed by atoms with Crippen LogP contribution in [0.25, 0.3) is 10.9 Å². The molecule has 0 saturated carbocycles. The molecule has 0 radical (unpaired) electrons. The second-order valence-electron chi connectivity index (χ2n) is 3.88. The molecule has 0 N–H and O–H groups in total. The van der Waals surface area contributed by atoms with E-state index in [2.05, 4.69) is 0 Å². The highest BCUT2D eigenvalue weighted by Gasteiger charge is 2.14. The van der Waals surface area contributed by atoms with E-state index in [-0.39, 0.29) is 5.56 Å². The van der Waals surface area contributed by atoms with Gasteiger partial charge in [0.25, 0.3) is 5.56 Å². The van der Waals surface area contributed by atoms with E-state index in [0.29, 0.717) is 18.7 Å². The Kier molecular flexibility index (Phi) is 3.46. The summed E-state index contributed by atoms with van der Waals surface area (Å²) in [4.78, 5) is 23.8. The first-order chi connectivity index (χ1) is 8.69. The van der Waals surface area contributed by atoms with Gasteiger partial charge in [-0.05, 0) is 19.9 Å². The second kappa shape index (κ2) is 5.04. The highest BCUT2D eigenvalue weighted by Crippen LogP contribution is 2.17. The molecule has 1 heterocycles. The number of para-hydroxylation sites is 1. The van der Waals surface area contributed by atoms with Crippen molar-refractivity contribution >= 4 is 16.9 Å². The first-order valence-corrected chi connectivity index (χ1v) is 5.98. The summed E-state index contributed by atoms with van der Waals surface area (Å²) >= 11 is 0. The van der Waals surface area contributed by atoms with Crippen LogP contribution in [-0.2, 0) is 11.3 Å². The molecule has 0 saturated heterocycles. The van der Waals surface area contributed by atoms with Gasteiger partial charge in [0.1, 0.15) is 0 Å².